The Morgan fingerprint density at radius 1 is 0.909 bits per heavy atom. The van der Waals surface area contributed by atoms with E-state index in [-0.39, 0.29) is 12.1 Å². The molecule has 1 atom stereocenters. The minimum Gasteiger partial charge on any atom is -0.458 e. The SMILES string of the molecule is C[C@H](OC(=O)Cc1ccccc1)c1cccc2ccccc12. The number of hydrogen-bond donors (Lipinski definition) is 0. The molecule has 0 spiro atoms. The fourth-order valence-corrected chi connectivity index (χ4v) is 2.67. The average molecular weight is 290 g/mol. The Kier molecular flexibility index (Phi) is 4.19. The molecule has 0 aromatic heterocycles. The van der Waals surface area contributed by atoms with Crippen molar-refractivity contribution in [2.75, 3.05) is 0 Å². The lowest BCUT2D eigenvalue weighted by molar-refractivity contribution is -0.147. The van der Waals surface area contributed by atoms with Crippen LogP contribution in [0.25, 0.3) is 10.8 Å². The number of fused-ring (bicyclic) bond motifs is 1. The van der Waals surface area contributed by atoms with Crippen LogP contribution in [0, 0.1) is 0 Å². The summed E-state index contributed by atoms with van der Waals surface area (Å²) in [5, 5.41) is 2.29. The maximum absolute atomic E-state index is 12.1. The van der Waals surface area contributed by atoms with E-state index in [0.717, 1.165) is 21.9 Å². The van der Waals surface area contributed by atoms with Gasteiger partial charge in [0.05, 0.1) is 6.42 Å². The number of esters is 1. The Bertz CT molecular complexity index is 773. The van der Waals surface area contributed by atoms with E-state index in [0.29, 0.717) is 6.42 Å². The zero-order valence-corrected chi connectivity index (χ0v) is 12.5. The smallest absolute Gasteiger partial charge is 0.310 e. The number of benzene rings is 3. The lowest BCUT2D eigenvalue weighted by atomic mass is 10.0. The molecule has 0 aliphatic rings. The van der Waals surface area contributed by atoms with Crippen molar-refractivity contribution in [3.8, 4) is 0 Å². The second kappa shape index (κ2) is 6.44. The Labute approximate surface area is 130 Å². The molecule has 2 nitrogen and oxygen atoms in total. The van der Waals surface area contributed by atoms with Gasteiger partial charge in [0.25, 0.3) is 0 Å². The highest BCUT2D eigenvalue weighted by molar-refractivity contribution is 5.86. The fourth-order valence-electron chi connectivity index (χ4n) is 2.67. The van der Waals surface area contributed by atoms with Crippen molar-refractivity contribution in [2.24, 2.45) is 0 Å². The molecule has 0 N–H and O–H groups in total. The molecule has 0 amide bonds. The van der Waals surface area contributed by atoms with Crippen molar-refractivity contribution in [1.29, 1.82) is 0 Å². The van der Waals surface area contributed by atoms with Crippen LogP contribution in [0.3, 0.4) is 0 Å². The lowest BCUT2D eigenvalue weighted by Crippen LogP contribution is -2.11. The summed E-state index contributed by atoms with van der Waals surface area (Å²) in [6.45, 7) is 1.92. The quantitative estimate of drug-likeness (QED) is 0.652. The third-order valence-corrected chi connectivity index (χ3v) is 3.76. The second-order valence-corrected chi connectivity index (χ2v) is 5.36. The monoisotopic (exact) mass is 290 g/mol. The number of ether oxygens (including phenoxy) is 1. The van der Waals surface area contributed by atoms with E-state index in [4.69, 9.17) is 4.74 Å². The third kappa shape index (κ3) is 3.17. The summed E-state index contributed by atoms with van der Waals surface area (Å²) in [5.74, 6) is -0.202. The van der Waals surface area contributed by atoms with Gasteiger partial charge < -0.3 is 4.74 Å². The number of hydrogen-bond acceptors (Lipinski definition) is 2. The van der Waals surface area contributed by atoms with Crippen molar-refractivity contribution in [3.05, 3.63) is 83.9 Å². The fraction of sp³-hybridized carbons (Fsp3) is 0.150. The van der Waals surface area contributed by atoms with E-state index >= 15 is 0 Å². The molecule has 0 aliphatic carbocycles. The summed E-state index contributed by atoms with van der Waals surface area (Å²) in [5.41, 5.74) is 2.01. The normalized spacial score (nSPS) is 12.0. The number of carbonyl (C=O) groups excluding carboxylic acids is 1. The van der Waals surface area contributed by atoms with Crippen LogP contribution in [-0.2, 0) is 16.0 Å². The highest BCUT2D eigenvalue weighted by atomic mass is 16.5. The molecule has 3 aromatic rings. The molecule has 3 rings (SSSR count). The molecular formula is C20H18O2. The predicted octanol–water partition coefficient (Wildman–Crippen LogP) is 4.69. The highest BCUT2D eigenvalue weighted by Crippen LogP contribution is 2.26. The maximum Gasteiger partial charge on any atom is 0.310 e. The van der Waals surface area contributed by atoms with Gasteiger partial charge in [0.1, 0.15) is 6.10 Å². The van der Waals surface area contributed by atoms with Crippen LogP contribution in [0.5, 0.6) is 0 Å². The van der Waals surface area contributed by atoms with Crippen LogP contribution >= 0.6 is 0 Å². The van der Waals surface area contributed by atoms with E-state index in [2.05, 4.69) is 18.2 Å². The molecular weight excluding hydrogens is 272 g/mol. The van der Waals surface area contributed by atoms with Gasteiger partial charge in [-0.25, -0.2) is 0 Å². The van der Waals surface area contributed by atoms with Gasteiger partial charge in [-0.1, -0.05) is 72.8 Å². The van der Waals surface area contributed by atoms with Gasteiger partial charge in [-0.3, -0.25) is 4.79 Å². The van der Waals surface area contributed by atoms with Gasteiger partial charge in [0.2, 0.25) is 0 Å². The first-order valence-corrected chi connectivity index (χ1v) is 7.45. The van der Waals surface area contributed by atoms with Crippen molar-refractivity contribution in [3.63, 3.8) is 0 Å². The van der Waals surface area contributed by atoms with Crippen molar-refractivity contribution in [1.82, 2.24) is 0 Å². The molecule has 0 saturated heterocycles. The molecule has 3 aromatic carbocycles. The van der Waals surface area contributed by atoms with Crippen LogP contribution in [-0.4, -0.2) is 5.97 Å². The standard InChI is InChI=1S/C20H18O2/c1-15(22-20(21)14-16-8-3-2-4-9-16)18-13-7-11-17-10-5-6-12-19(17)18/h2-13,15H,14H2,1H3/t15-/m0/s1. The van der Waals surface area contributed by atoms with Crippen LogP contribution in [0.15, 0.2) is 72.8 Å². The van der Waals surface area contributed by atoms with Gasteiger partial charge in [-0.2, -0.15) is 0 Å². The number of carbonyl (C=O) groups is 1. The zero-order valence-electron chi connectivity index (χ0n) is 12.5. The van der Waals surface area contributed by atoms with Gasteiger partial charge in [0, 0.05) is 0 Å². The highest BCUT2D eigenvalue weighted by Gasteiger charge is 2.14. The first-order valence-electron chi connectivity index (χ1n) is 7.45. The van der Waals surface area contributed by atoms with E-state index < -0.39 is 0 Å². The Balaban J connectivity index is 1.76. The van der Waals surface area contributed by atoms with Gasteiger partial charge in [-0.05, 0) is 28.8 Å². The minimum absolute atomic E-state index is 0.202. The predicted molar refractivity (Wildman–Crippen MR) is 88.6 cm³/mol. The molecule has 0 heterocycles. The summed E-state index contributed by atoms with van der Waals surface area (Å²) < 4.78 is 5.61. The Morgan fingerprint density at radius 2 is 1.59 bits per heavy atom. The van der Waals surface area contributed by atoms with E-state index in [1.807, 2.05) is 61.5 Å². The summed E-state index contributed by atoms with van der Waals surface area (Å²) in [4.78, 5) is 12.1. The van der Waals surface area contributed by atoms with Crippen molar-refractivity contribution < 1.29 is 9.53 Å². The molecule has 110 valence electrons. The van der Waals surface area contributed by atoms with Crippen LogP contribution in [0.4, 0.5) is 0 Å². The first kappa shape index (κ1) is 14.3. The third-order valence-electron chi connectivity index (χ3n) is 3.76. The van der Waals surface area contributed by atoms with Crippen LogP contribution < -0.4 is 0 Å². The average Bonchev–Trinajstić information content (AvgIpc) is 2.55. The molecule has 2 heteroatoms. The molecule has 0 unspecified atom stereocenters. The second-order valence-electron chi connectivity index (χ2n) is 5.36. The topological polar surface area (TPSA) is 26.3 Å². The molecule has 0 fully saturated rings. The van der Waals surface area contributed by atoms with E-state index in [1.165, 1.54) is 0 Å². The Hall–Kier alpha value is -2.61. The molecule has 0 radical (unpaired) electrons. The van der Waals surface area contributed by atoms with Gasteiger partial charge >= 0.3 is 5.97 Å². The van der Waals surface area contributed by atoms with Crippen molar-refractivity contribution in [2.45, 2.75) is 19.4 Å². The summed E-state index contributed by atoms with van der Waals surface area (Å²) in [6, 6.07) is 23.9. The molecule has 0 saturated carbocycles. The van der Waals surface area contributed by atoms with Gasteiger partial charge in [-0.15, -0.1) is 0 Å². The van der Waals surface area contributed by atoms with E-state index in [9.17, 15) is 4.79 Å². The Morgan fingerprint density at radius 3 is 2.41 bits per heavy atom. The first-order chi connectivity index (χ1) is 10.7. The number of rotatable bonds is 4. The summed E-state index contributed by atoms with van der Waals surface area (Å²) >= 11 is 0. The summed E-state index contributed by atoms with van der Waals surface area (Å²) in [7, 11) is 0. The van der Waals surface area contributed by atoms with Crippen LogP contribution in [0.2, 0.25) is 0 Å². The minimum atomic E-state index is -0.262. The van der Waals surface area contributed by atoms with Crippen molar-refractivity contribution >= 4 is 16.7 Å². The lowest BCUT2D eigenvalue weighted by Gasteiger charge is -2.16. The molecule has 0 bridgehead atoms. The molecule has 22 heavy (non-hydrogen) atoms. The maximum atomic E-state index is 12.1. The molecule has 0 aliphatic heterocycles. The zero-order chi connectivity index (χ0) is 15.4. The largest absolute Gasteiger partial charge is 0.458 e. The van der Waals surface area contributed by atoms with E-state index in [1.54, 1.807) is 0 Å². The summed E-state index contributed by atoms with van der Waals surface area (Å²) in [6.07, 6.45) is 0.0398. The van der Waals surface area contributed by atoms with Gasteiger partial charge in [0.15, 0.2) is 0 Å². The van der Waals surface area contributed by atoms with Crippen LogP contribution in [0.1, 0.15) is 24.2 Å².